The van der Waals surface area contributed by atoms with Gasteiger partial charge in [0.05, 0.1) is 6.54 Å². The third-order valence-electron chi connectivity index (χ3n) is 3.51. The van der Waals surface area contributed by atoms with Crippen molar-refractivity contribution in [3.8, 4) is 0 Å². The molecule has 1 heterocycles. The molecule has 0 radical (unpaired) electrons. The zero-order chi connectivity index (χ0) is 14.9. The Morgan fingerprint density at radius 2 is 2.10 bits per heavy atom. The molecule has 108 valence electrons. The Hall–Kier alpha value is -1.40. The Morgan fingerprint density at radius 1 is 1.40 bits per heavy atom. The first-order valence-corrected chi connectivity index (χ1v) is 7.20. The van der Waals surface area contributed by atoms with Crippen molar-refractivity contribution in [1.29, 1.82) is 0 Å². The number of carbonyl (C=O) groups excluding carboxylic acids is 2. The number of nitrogens with two attached hydrogens (primary N) is 1. The van der Waals surface area contributed by atoms with Crippen LogP contribution in [-0.4, -0.2) is 40.5 Å². The minimum Gasteiger partial charge on any atom is -0.378 e. The van der Waals surface area contributed by atoms with E-state index in [0.717, 1.165) is 10.0 Å². The molecule has 0 spiro atoms. The first-order chi connectivity index (χ1) is 9.32. The SMILES string of the molecule is Cc1cc(Br)cc(C(=O)N2CCC[C@](O)(C(N)=O)C2)c1. The molecule has 0 saturated carbocycles. The molecular formula is C14H17BrN2O3. The number of β-amino-alcohol motifs (C(OH)–C–C–N with tert-alkyl or cyclic N) is 1. The van der Waals surface area contributed by atoms with Gasteiger partial charge in [0.25, 0.3) is 11.8 Å². The third-order valence-corrected chi connectivity index (χ3v) is 3.96. The Bertz CT molecular complexity index is 541. The van der Waals surface area contributed by atoms with Crippen molar-refractivity contribution in [1.82, 2.24) is 4.90 Å². The highest BCUT2D eigenvalue weighted by atomic mass is 79.9. The first kappa shape index (κ1) is 15.0. The quantitative estimate of drug-likeness (QED) is 0.848. The van der Waals surface area contributed by atoms with Crippen molar-refractivity contribution in [2.75, 3.05) is 13.1 Å². The first-order valence-electron chi connectivity index (χ1n) is 6.40. The van der Waals surface area contributed by atoms with Crippen molar-refractivity contribution in [2.24, 2.45) is 5.73 Å². The number of rotatable bonds is 2. The zero-order valence-electron chi connectivity index (χ0n) is 11.2. The number of piperidine rings is 1. The number of likely N-dealkylation sites (tertiary alicyclic amines) is 1. The predicted octanol–water partition coefficient (Wildman–Crippen LogP) is 1.21. The number of halogens is 1. The van der Waals surface area contributed by atoms with Gasteiger partial charge >= 0.3 is 0 Å². The minimum absolute atomic E-state index is 0.0489. The molecule has 20 heavy (non-hydrogen) atoms. The van der Waals surface area contributed by atoms with Gasteiger partial charge in [0.1, 0.15) is 0 Å². The highest BCUT2D eigenvalue weighted by Crippen LogP contribution is 2.23. The number of aliphatic hydroxyl groups is 1. The van der Waals surface area contributed by atoms with Crippen LogP contribution in [0.2, 0.25) is 0 Å². The highest BCUT2D eigenvalue weighted by Gasteiger charge is 2.40. The third kappa shape index (κ3) is 3.02. The van der Waals surface area contributed by atoms with Crippen LogP contribution in [0.3, 0.4) is 0 Å². The smallest absolute Gasteiger partial charge is 0.254 e. The topological polar surface area (TPSA) is 83.6 Å². The molecule has 0 aliphatic carbocycles. The molecule has 2 amide bonds. The number of amides is 2. The molecule has 1 saturated heterocycles. The van der Waals surface area contributed by atoms with Gasteiger partial charge in [0.15, 0.2) is 5.60 Å². The summed E-state index contributed by atoms with van der Waals surface area (Å²) < 4.78 is 0.822. The van der Waals surface area contributed by atoms with Crippen molar-refractivity contribution >= 4 is 27.7 Å². The number of hydrogen-bond donors (Lipinski definition) is 2. The van der Waals surface area contributed by atoms with Crippen LogP contribution in [0.25, 0.3) is 0 Å². The van der Waals surface area contributed by atoms with Crippen LogP contribution < -0.4 is 5.73 Å². The zero-order valence-corrected chi connectivity index (χ0v) is 12.8. The molecule has 1 aromatic carbocycles. The van der Waals surface area contributed by atoms with Gasteiger partial charge < -0.3 is 15.7 Å². The van der Waals surface area contributed by atoms with E-state index in [9.17, 15) is 14.7 Å². The lowest BCUT2D eigenvalue weighted by atomic mass is 9.91. The number of benzene rings is 1. The van der Waals surface area contributed by atoms with Crippen molar-refractivity contribution in [3.63, 3.8) is 0 Å². The van der Waals surface area contributed by atoms with Crippen LogP contribution in [-0.2, 0) is 4.79 Å². The van der Waals surface area contributed by atoms with Crippen LogP contribution in [0.5, 0.6) is 0 Å². The van der Waals surface area contributed by atoms with Crippen LogP contribution in [0, 0.1) is 6.92 Å². The van der Waals surface area contributed by atoms with Crippen molar-refractivity contribution in [2.45, 2.75) is 25.4 Å². The second-order valence-electron chi connectivity index (χ2n) is 5.24. The van der Waals surface area contributed by atoms with E-state index in [1.165, 1.54) is 4.90 Å². The summed E-state index contributed by atoms with van der Waals surface area (Å²) in [7, 11) is 0. The Labute approximate surface area is 125 Å². The largest absolute Gasteiger partial charge is 0.378 e. The summed E-state index contributed by atoms with van der Waals surface area (Å²) in [5.41, 5.74) is 5.10. The van der Waals surface area contributed by atoms with Crippen molar-refractivity contribution < 1.29 is 14.7 Å². The van der Waals surface area contributed by atoms with Gasteiger partial charge in [-0.1, -0.05) is 15.9 Å². The van der Waals surface area contributed by atoms with Crippen molar-refractivity contribution in [3.05, 3.63) is 33.8 Å². The summed E-state index contributed by atoms with van der Waals surface area (Å²) in [6.07, 6.45) is 0.849. The van der Waals surface area contributed by atoms with E-state index in [1.807, 2.05) is 13.0 Å². The number of carbonyl (C=O) groups is 2. The molecule has 5 nitrogen and oxygen atoms in total. The van der Waals surface area contributed by atoms with Gasteiger partial charge in [-0.25, -0.2) is 0 Å². The molecule has 1 fully saturated rings. The van der Waals surface area contributed by atoms with Gasteiger partial charge in [-0.2, -0.15) is 0 Å². The maximum atomic E-state index is 12.5. The fourth-order valence-electron chi connectivity index (χ4n) is 2.45. The van der Waals surface area contributed by atoms with Gasteiger partial charge in [-0.05, 0) is 43.5 Å². The maximum absolute atomic E-state index is 12.5. The number of nitrogens with zero attached hydrogens (tertiary/aromatic N) is 1. The second-order valence-corrected chi connectivity index (χ2v) is 6.16. The molecule has 1 aromatic rings. The summed E-state index contributed by atoms with van der Waals surface area (Å²) in [5, 5.41) is 10.1. The molecule has 1 atom stereocenters. The molecule has 2 rings (SSSR count). The summed E-state index contributed by atoms with van der Waals surface area (Å²) >= 11 is 3.36. The van der Waals surface area contributed by atoms with Crippen LogP contribution in [0.4, 0.5) is 0 Å². The Morgan fingerprint density at radius 3 is 2.70 bits per heavy atom. The van der Waals surface area contributed by atoms with E-state index in [-0.39, 0.29) is 12.5 Å². The van der Waals surface area contributed by atoms with E-state index < -0.39 is 11.5 Å². The van der Waals surface area contributed by atoms with Crippen LogP contribution in [0.1, 0.15) is 28.8 Å². The van der Waals surface area contributed by atoms with Gasteiger partial charge in [0.2, 0.25) is 0 Å². The number of aryl methyl sites for hydroxylation is 1. The Kier molecular flexibility index (Phi) is 4.15. The molecule has 6 heteroatoms. The molecule has 0 bridgehead atoms. The van der Waals surface area contributed by atoms with E-state index >= 15 is 0 Å². The fraction of sp³-hybridized carbons (Fsp3) is 0.429. The van der Waals surface area contributed by atoms with Crippen LogP contribution >= 0.6 is 15.9 Å². The van der Waals surface area contributed by atoms with Crippen LogP contribution in [0.15, 0.2) is 22.7 Å². The van der Waals surface area contributed by atoms with E-state index in [1.54, 1.807) is 12.1 Å². The standard InChI is InChI=1S/C14H17BrN2O3/c1-9-5-10(7-11(15)6-9)12(18)17-4-2-3-14(20,8-17)13(16)19/h5-7,20H,2-4,8H2,1H3,(H2,16,19)/t14-/m1/s1. The summed E-state index contributed by atoms with van der Waals surface area (Å²) in [6, 6.07) is 5.42. The van der Waals surface area contributed by atoms with E-state index in [2.05, 4.69) is 15.9 Å². The molecular weight excluding hydrogens is 324 g/mol. The summed E-state index contributed by atoms with van der Waals surface area (Å²) in [5.74, 6) is -0.978. The molecule has 1 aliphatic rings. The molecule has 0 aromatic heterocycles. The normalized spacial score (nSPS) is 22.6. The second kappa shape index (κ2) is 5.54. The lowest BCUT2D eigenvalue weighted by Gasteiger charge is -2.37. The van der Waals surface area contributed by atoms with E-state index in [0.29, 0.717) is 24.9 Å². The summed E-state index contributed by atoms with van der Waals surface area (Å²) in [6.45, 7) is 2.37. The summed E-state index contributed by atoms with van der Waals surface area (Å²) in [4.78, 5) is 25.3. The number of hydrogen-bond acceptors (Lipinski definition) is 3. The molecule has 3 N–H and O–H groups in total. The molecule has 1 aliphatic heterocycles. The number of primary amides is 1. The average Bonchev–Trinajstić information content (AvgIpc) is 2.36. The van der Waals surface area contributed by atoms with Gasteiger partial charge in [0, 0.05) is 16.6 Å². The maximum Gasteiger partial charge on any atom is 0.254 e. The predicted molar refractivity (Wildman–Crippen MR) is 78.2 cm³/mol. The average molecular weight is 341 g/mol. The Balaban J connectivity index is 2.22. The minimum atomic E-state index is -1.62. The molecule has 0 unspecified atom stereocenters. The lowest BCUT2D eigenvalue weighted by Crippen LogP contribution is -2.57. The van der Waals surface area contributed by atoms with E-state index in [4.69, 9.17) is 5.73 Å². The van der Waals surface area contributed by atoms with Gasteiger partial charge in [-0.15, -0.1) is 0 Å². The fourth-order valence-corrected chi connectivity index (χ4v) is 3.06. The highest BCUT2D eigenvalue weighted by molar-refractivity contribution is 9.10. The lowest BCUT2D eigenvalue weighted by molar-refractivity contribution is -0.140. The monoisotopic (exact) mass is 340 g/mol. The van der Waals surface area contributed by atoms with Gasteiger partial charge in [-0.3, -0.25) is 9.59 Å².